The number of aliphatic hydroxyl groups is 1. The second-order valence-corrected chi connectivity index (χ2v) is 13.0. The third-order valence-corrected chi connectivity index (χ3v) is 11.1. The maximum Gasteiger partial charge on any atom is 0.254 e. The van der Waals surface area contributed by atoms with Gasteiger partial charge in [-0.05, 0) is 125 Å². The number of hydrogen-bond donors (Lipinski definition) is 2. The molecule has 1 amide bonds. The van der Waals surface area contributed by atoms with Crippen molar-refractivity contribution in [1.82, 2.24) is 5.32 Å². The van der Waals surface area contributed by atoms with Gasteiger partial charge in [-0.25, -0.2) is 8.78 Å². The van der Waals surface area contributed by atoms with Crippen LogP contribution in [0.3, 0.4) is 0 Å². The standard InChI is InChI=1S/C31H45F2NO3/c1-4-37-18-31(36)15-13-22-20(17-31)8-10-24-23(22)12-14-30(3)26(6-5-7-27(24)30)19(2)34-29(35)25-11-9-21(32)16-28(25)33/h9,11,16,19-20,22-24,26-27,36H,4-8,10,12-15,17-18H2,1-3H3,(H,34,35)/t19-,20+,22-,23?,24+,26+,27-,30+,31+/m0/s1. The van der Waals surface area contributed by atoms with Crippen molar-refractivity contribution in [3.05, 3.63) is 35.4 Å². The number of carbonyl (C=O) groups is 1. The van der Waals surface area contributed by atoms with Crippen LogP contribution >= 0.6 is 0 Å². The summed E-state index contributed by atoms with van der Waals surface area (Å²) in [6.07, 6.45) is 11.2. The first kappa shape index (κ1) is 27.1. The van der Waals surface area contributed by atoms with Crippen LogP contribution in [-0.4, -0.2) is 35.9 Å². The lowest BCUT2D eigenvalue weighted by atomic mass is 9.44. The van der Waals surface area contributed by atoms with E-state index in [0.717, 1.165) is 49.7 Å². The highest BCUT2D eigenvalue weighted by Crippen LogP contribution is 2.63. The molecule has 1 aromatic rings. The highest BCUT2D eigenvalue weighted by Gasteiger charge is 2.57. The summed E-state index contributed by atoms with van der Waals surface area (Å²) in [5.74, 6) is 1.84. The Morgan fingerprint density at radius 3 is 2.65 bits per heavy atom. The molecule has 37 heavy (non-hydrogen) atoms. The zero-order chi connectivity index (χ0) is 26.4. The van der Waals surface area contributed by atoms with Crippen molar-refractivity contribution >= 4 is 5.91 Å². The predicted molar refractivity (Wildman–Crippen MR) is 140 cm³/mol. The number of rotatable bonds is 6. The SMILES string of the molecule is CCOC[C@@]1(O)CC[C@@H]2C3CC[C@]4(C)[C@@H]([C@H](C)NC(=O)c5ccc(F)cc5F)CCC[C@H]4[C@@H]3CC[C@@H]2C1. The van der Waals surface area contributed by atoms with E-state index in [-0.39, 0.29) is 17.0 Å². The van der Waals surface area contributed by atoms with Crippen molar-refractivity contribution in [2.24, 2.45) is 40.9 Å². The molecular formula is C31H45F2NO3. The highest BCUT2D eigenvalue weighted by atomic mass is 19.1. The van der Waals surface area contributed by atoms with E-state index in [4.69, 9.17) is 4.74 Å². The molecule has 0 saturated heterocycles. The van der Waals surface area contributed by atoms with Crippen molar-refractivity contribution in [3.63, 3.8) is 0 Å². The maximum atomic E-state index is 14.2. The van der Waals surface area contributed by atoms with Gasteiger partial charge in [0.25, 0.3) is 5.91 Å². The zero-order valence-electron chi connectivity index (χ0n) is 22.8. The molecule has 0 heterocycles. The number of nitrogens with one attached hydrogen (secondary N) is 1. The second-order valence-electron chi connectivity index (χ2n) is 13.0. The fourth-order valence-electron chi connectivity index (χ4n) is 9.50. The molecule has 0 spiro atoms. The third-order valence-electron chi connectivity index (χ3n) is 11.1. The minimum atomic E-state index is -0.810. The van der Waals surface area contributed by atoms with Crippen LogP contribution in [0.1, 0.15) is 95.3 Å². The molecule has 4 aliphatic carbocycles. The van der Waals surface area contributed by atoms with Crippen LogP contribution in [-0.2, 0) is 4.74 Å². The summed E-state index contributed by atoms with van der Waals surface area (Å²) < 4.78 is 33.2. The molecule has 5 rings (SSSR count). The van der Waals surface area contributed by atoms with E-state index < -0.39 is 23.1 Å². The van der Waals surface area contributed by atoms with Crippen LogP contribution in [0, 0.1) is 52.6 Å². The predicted octanol–water partition coefficient (Wildman–Crippen LogP) is 6.51. The van der Waals surface area contributed by atoms with Crippen molar-refractivity contribution in [2.75, 3.05) is 13.2 Å². The van der Waals surface area contributed by atoms with E-state index in [0.29, 0.717) is 36.9 Å². The van der Waals surface area contributed by atoms with Gasteiger partial charge >= 0.3 is 0 Å². The Bertz CT molecular complexity index is 987. The van der Waals surface area contributed by atoms with Gasteiger partial charge in [-0.1, -0.05) is 13.3 Å². The summed E-state index contributed by atoms with van der Waals surface area (Å²) in [6, 6.07) is 3.08. The first-order valence-corrected chi connectivity index (χ1v) is 14.7. The number of amides is 1. The lowest BCUT2D eigenvalue weighted by Crippen LogP contribution is -2.57. The molecule has 0 aromatic heterocycles. The number of halogens is 2. The van der Waals surface area contributed by atoms with Gasteiger partial charge in [0, 0.05) is 18.7 Å². The van der Waals surface area contributed by atoms with E-state index in [1.807, 2.05) is 6.92 Å². The van der Waals surface area contributed by atoms with Gasteiger partial charge in [-0.2, -0.15) is 0 Å². The maximum absolute atomic E-state index is 14.2. The lowest BCUT2D eigenvalue weighted by molar-refractivity contribution is -0.144. The smallest absolute Gasteiger partial charge is 0.254 e. The Morgan fingerprint density at radius 2 is 1.89 bits per heavy atom. The zero-order valence-corrected chi connectivity index (χ0v) is 22.8. The molecule has 6 heteroatoms. The molecule has 206 valence electrons. The van der Waals surface area contributed by atoms with Crippen LogP contribution in [0.15, 0.2) is 18.2 Å². The summed E-state index contributed by atoms with van der Waals surface area (Å²) in [7, 11) is 0. The normalized spacial score (nSPS) is 40.2. The topological polar surface area (TPSA) is 58.6 Å². The largest absolute Gasteiger partial charge is 0.387 e. The Labute approximate surface area is 220 Å². The number of ether oxygens (including phenoxy) is 1. The number of carbonyl (C=O) groups excluding carboxylic acids is 1. The summed E-state index contributed by atoms with van der Waals surface area (Å²) >= 11 is 0. The van der Waals surface area contributed by atoms with Crippen molar-refractivity contribution in [2.45, 2.75) is 96.6 Å². The van der Waals surface area contributed by atoms with Crippen LogP contribution in [0.2, 0.25) is 0 Å². The van der Waals surface area contributed by atoms with E-state index in [2.05, 4.69) is 19.2 Å². The molecule has 4 saturated carbocycles. The molecule has 4 aliphatic rings. The van der Waals surface area contributed by atoms with Gasteiger partial charge in [0.15, 0.2) is 0 Å². The Hall–Kier alpha value is -1.53. The molecule has 0 bridgehead atoms. The average molecular weight is 518 g/mol. The van der Waals surface area contributed by atoms with Crippen molar-refractivity contribution in [3.8, 4) is 0 Å². The minimum absolute atomic E-state index is 0.0686. The molecule has 1 unspecified atom stereocenters. The molecule has 1 aromatic carbocycles. The van der Waals surface area contributed by atoms with Gasteiger partial charge in [0.2, 0.25) is 0 Å². The highest BCUT2D eigenvalue weighted by molar-refractivity contribution is 5.94. The summed E-state index contributed by atoms with van der Waals surface area (Å²) in [5.41, 5.74) is -0.583. The molecule has 4 fully saturated rings. The van der Waals surface area contributed by atoms with E-state index >= 15 is 0 Å². The second kappa shape index (κ2) is 10.6. The number of benzene rings is 1. The van der Waals surface area contributed by atoms with Crippen LogP contribution < -0.4 is 5.32 Å². The molecule has 0 aliphatic heterocycles. The van der Waals surface area contributed by atoms with Gasteiger partial charge in [-0.3, -0.25) is 4.79 Å². The first-order chi connectivity index (χ1) is 17.6. The van der Waals surface area contributed by atoms with Gasteiger partial charge in [-0.15, -0.1) is 0 Å². The summed E-state index contributed by atoms with van der Waals surface area (Å²) in [4.78, 5) is 12.9. The molecular weight excluding hydrogens is 472 g/mol. The monoisotopic (exact) mass is 517 g/mol. The molecule has 0 radical (unpaired) electrons. The van der Waals surface area contributed by atoms with Crippen LogP contribution in [0.4, 0.5) is 8.78 Å². The Morgan fingerprint density at radius 1 is 1.11 bits per heavy atom. The van der Waals surface area contributed by atoms with Crippen LogP contribution in [0.5, 0.6) is 0 Å². The summed E-state index contributed by atoms with van der Waals surface area (Å²) in [6.45, 7) is 7.63. The van der Waals surface area contributed by atoms with Crippen LogP contribution in [0.25, 0.3) is 0 Å². The van der Waals surface area contributed by atoms with E-state index in [1.54, 1.807) is 0 Å². The number of fused-ring (bicyclic) bond motifs is 5. The Kier molecular flexibility index (Phi) is 7.72. The minimum Gasteiger partial charge on any atom is -0.387 e. The summed E-state index contributed by atoms with van der Waals surface area (Å²) in [5, 5.41) is 14.2. The fourth-order valence-corrected chi connectivity index (χ4v) is 9.50. The average Bonchev–Trinajstić information content (AvgIpc) is 2.86. The van der Waals surface area contributed by atoms with Gasteiger partial charge in [0.05, 0.1) is 17.8 Å². The first-order valence-electron chi connectivity index (χ1n) is 14.7. The molecule has 4 nitrogen and oxygen atoms in total. The lowest BCUT2D eigenvalue weighted by Gasteiger charge is -2.61. The Balaban J connectivity index is 1.27. The number of hydrogen-bond acceptors (Lipinski definition) is 3. The van der Waals surface area contributed by atoms with E-state index in [9.17, 15) is 18.7 Å². The van der Waals surface area contributed by atoms with Crippen molar-refractivity contribution < 1.29 is 23.4 Å². The quantitative estimate of drug-likeness (QED) is 0.452. The third kappa shape index (κ3) is 5.09. The van der Waals surface area contributed by atoms with Crippen molar-refractivity contribution in [1.29, 1.82) is 0 Å². The van der Waals surface area contributed by atoms with E-state index in [1.165, 1.54) is 44.6 Å². The van der Waals surface area contributed by atoms with Gasteiger partial charge < -0.3 is 15.2 Å². The fraction of sp³-hybridized carbons (Fsp3) is 0.774. The molecule has 2 N–H and O–H groups in total. The molecule has 9 atom stereocenters. The van der Waals surface area contributed by atoms with Gasteiger partial charge in [0.1, 0.15) is 11.6 Å².